The number of nitrogens with zero attached hydrogens (tertiary/aromatic N) is 4. The van der Waals surface area contributed by atoms with E-state index in [2.05, 4.69) is 41.1 Å². The van der Waals surface area contributed by atoms with Gasteiger partial charge in [0, 0.05) is 30.0 Å². The SMILES string of the molecule is Cc1ccc(SCCCC(=O)N(CCCN(C)C)c2nc3ccc([N+](=O)[O-])cc3s2)cc1.Cl. The highest BCUT2D eigenvalue weighted by Crippen LogP contribution is 2.32. The number of halogens is 1. The van der Waals surface area contributed by atoms with E-state index in [0.717, 1.165) is 29.8 Å². The second-order valence-electron chi connectivity index (χ2n) is 7.87. The Balaban J connectivity index is 0.00000385. The smallest absolute Gasteiger partial charge is 0.270 e. The first-order valence-electron chi connectivity index (χ1n) is 10.5. The maximum Gasteiger partial charge on any atom is 0.270 e. The Morgan fingerprint density at radius 2 is 1.85 bits per heavy atom. The fourth-order valence-corrected chi connectivity index (χ4v) is 5.08. The molecule has 0 spiro atoms. The summed E-state index contributed by atoms with van der Waals surface area (Å²) in [5.41, 5.74) is 1.95. The Labute approximate surface area is 208 Å². The molecule has 7 nitrogen and oxygen atoms in total. The fraction of sp³-hybridized carbons (Fsp3) is 0.391. The highest BCUT2D eigenvalue weighted by molar-refractivity contribution is 7.99. The molecule has 0 unspecified atom stereocenters. The molecule has 1 amide bonds. The summed E-state index contributed by atoms with van der Waals surface area (Å²) in [5, 5.41) is 11.7. The lowest BCUT2D eigenvalue weighted by Crippen LogP contribution is -2.33. The largest absolute Gasteiger partial charge is 0.309 e. The van der Waals surface area contributed by atoms with Crippen molar-refractivity contribution in [1.29, 1.82) is 0 Å². The van der Waals surface area contributed by atoms with Crippen LogP contribution in [0.25, 0.3) is 10.2 Å². The van der Waals surface area contributed by atoms with Gasteiger partial charge in [0.2, 0.25) is 5.91 Å². The number of carbonyl (C=O) groups excluding carboxylic acids is 1. The van der Waals surface area contributed by atoms with Crippen LogP contribution in [0.15, 0.2) is 47.4 Å². The zero-order chi connectivity index (χ0) is 23.1. The molecule has 3 rings (SSSR count). The Morgan fingerprint density at radius 3 is 2.52 bits per heavy atom. The lowest BCUT2D eigenvalue weighted by Gasteiger charge is -2.21. The molecule has 33 heavy (non-hydrogen) atoms. The predicted molar refractivity (Wildman–Crippen MR) is 140 cm³/mol. The van der Waals surface area contributed by atoms with Crippen LogP contribution in [0.4, 0.5) is 10.8 Å². The van der Waals surface area contributed by atoms with Gasteiger partial charge in [-0.1, -0.05) is 29.0 Å². The third-order valence-corrected chi connectivity index (χ3v) is 7.05. The van der Waals surface area contributed by atoms with Crippen molar-refractivity contribution < 1.29 is 9.72 Å². The number of aromatic nitrogens is 1. The number of carbonyl (C=O) groups is 1. The van der Waals surface area contributed by atoms with Crippen LogP contribution in [0.5, 0.6) is 0 Å². The molecule has 0 N–H and O–H groups in total. The van der Waals surface area contributed by atoms with Crippen LogP contribution in [0.1, 0.15) is 24.8 Å². The molecule has 3 aromatic rings. The molecular weight excluding hydrogens is 480 g/mol. The molecule has 178 valence electrons. The van der Waals surface area contributed by atoms with Crippen molar-refractivity contribution in [1.82, 2.24) is 9.88 Å². The number of hydrogen-bond acceptors (Lipinski definition) is 7. The van der Waals surface area contributed by atoms with Crippen molar-refractivity contribution >= 4 is 62.4 Å². The molecule has 10 heteroatoms. The maximum atomic E-state index is 13.1. The number of non-ortho nitro benzene ring substituents is 1. The second-order valence-corrected chi connectivity index (χ2v) is 10.1. The highest BCUT2D eigenvalue weighted by atomic mass is 35.5. The van der Waals surface area contributed by atoms with Crippen LogP contribution < -0.4 is 4.90 Å². The minimum atomic E-state index is -0.412. The summed E-state index contributed by atoms with van der Waals surface area (Å²) in [6.07, 6.45) is 2.04. The number of thiazole rings is 1. The van der Waals surface area contributed by atoms with Gasteiger partial charge in [0.15, 0.2) is 5.13 Å². The molecule has 1 aromatic heterocycles. The normalized spacial score (nSPS) is 10.9. The summed E-state index contributed by atoms with van der Waals surface area (Å²) >= 11 is 3.09. The monoisotopic (exact) mass is 508 g/mol. The maximum absolute atomic E-state index is 13.1. The van der Waals surface area contributed by atoms with E-state index in [-0.39, 0.29) is 24.0 Å². The van der Waals surface area contributed by atoms with E-state index in [1.807, 2.05) is 14.1 Å². The third-order valence-electron chi connectivity index (χ3n) is 4.92. The number of aryl methyl sites for hydroxylation is 1. The number of anilines is 1. The minimum absolute atomic E-state index is 0. The second kappa shape index (κ2) is 12.9. The number of hydrogen-bond donors (Lipinski definition) is 0. The summed E-state index contributed by atoms with van der Waals surface area (Å²) in [6, 6.07) is 13.0. The van der Waals surface area contributed by atoms with Crippen LogP contribution in [0.2, 0.25) is 0 Å². The van der Waals surface area contributed by atoms with Gasteiger partial charge in [0.1, 0.15) is 0 Å². The number of benzene rings is 2. The van der Waals surface area contributed by atoms with Crippen molar-refractivity contribution in [2.24, 2.45) is 0 Å². The number of thioether (sulfide) groups is 1. The molecular formula is C23H29ClN4O3S2. The molecule has 0 aliphatic carbocycles. The Bertz CT molecular complexity index is 1070. The van der Waals surface area contributed by atoms with Crippen LogP contribution in [0, 0.1) is 17.0 Å². The van der Waals surface area contributed by atoms with Crippen molar-refractivity contribution in [3.63, 3.8) is 0 Å². The molecule has 2 aromatic carbocycles. The molecule has 0 fully saturated rings. The van der Waals surface area contributed by atoms with Crippen LogP contribution in [-0.2, 0) is 4.79 Å². The fourth-order valence-electron chi connectivity index (χ4n) is 3.19. The first-order valence-corrected chi connectivity index (χ1v) is 12.3. The average Bonchev–Trinajstić information content (AvgIpc) is 3.18. The number of nitro groups is 1. The van der Waals surface area contributed by atoms with E-state index in [1.54, 1.807) is 22.7 Å². The van der Waals surface area contributed by atoms with Crippen molar-refractivity contribution in [2.45, 2.75) is 31.1 Å². The van der Waals surface area contributed by atoms with E-state index >= 15 is 0 Å². The van der Waals surface area contributed by atoms with Gasteiger partial charge in [-0.05, 0) is 64.4 Å². The van der Waals surface area contributed by atoms with Gasteiger partial charge >= 0.3 is 0 Å². The molecule has 0 bridgehead atoms. The van der Waals surface area contributed by atoms with E-state index in [9.17, 15) is 14.9 Å². The van der Waals surface area contributed by atoms with Crippen molar-refractivity contribution in [2.75, 3.05) is 37.8 Å². The Morgan fingerprint density at radius 1 is 1.12 bits per heavy atom. The summed E-state index contributed by atoms with van der Waals surface area (Å²) in [5.74, 6) is 0.911. The molecule has 0 saturated heterocycles. The first kappa shape index (κ1) is 27.0. The van der Waals surface area contributed by atoms with Gasteiger partial charge in [-0.2, -0.15) is 0 Å². The standard InChI is InChI=1S/C23H28N4O3S2.ClH/c1-17-7-10-19(11-8-17)31-15-4-6-22(28)26(14-5-13-25(2)3)23-24-20-12-9-18(27(29)30)16-21(20)32-23;/h7-12,16H,4-6,13-15H2,1-3H3;1H. The summed E-state index contributed by atoms with van der Waals surface area (Å²) in [6.45, 7) is 3.51. The van der Waals surface area contributed by atoms with E-state index in [4.69, 9.17) is 0 Å². The molecule has 0 saturated carbocycles. The quantitative estimate of drug-likeness (QED) is 0.141. The number of fused-ring (bicyclic) bond motifs is 1. The third kappa shape index (κ3) is 7.96. The van der Waals surface area contributed by atoms with Gasteiger partial charge < -0.3 is 4.90 Å². The minimum Gasteiger partial charge on any atom is -0.309 e. The molecule has 0 atom stereocenters. The van der Waals surface area contributed by atoms with Crippen molar-refractivity contribution in [3.8, 4) is 0 Å². The van der Waals surface area contributed by atoms with Gasteiger partial charge in [-0.25, -0.2) is 4.98 Å². The Hall–Kier alpha value is -2.20. The molecule has 0 aliphatic heterocycles. The van der Waals surface area contributed by atoms with Gasteiger partial charge in [0.05, 0.1) is 15.1 Å². The lowest BCUT2D eigenvalue weighted by molar-refractivity contribution is -0.384. The summed E-state index contributed by atoms with van der Waals surface area (Å²) in [7, 11) is 4.01. The molecule has 0 aliphatic rings. The zero-order valence-electron chi connectivity index (χ0n) is 19.0. The average molecular weight is 509 g/mol. The van der Waals surface area contributed by atoms with Gasteiger partial charge in [-0.3, -0.25) is 19.8 Å². The van der Waals surface area contributed by atoms with E-state index < -0.39 is 4.92 Å². The van der Waals surface area contributed by atoms with E-state index in [0.29, 0.717) is 23.6 Å². The molecule has 0 radical (unpaired) electrons. The summed E-state index contributed by atoms with van der Waals surface area (Å²) < 4.78 is 0.717. The number of nitro benzene ring substituents is 1. The van der Waals surface area contributed by atoms with E-state index in [1.165, 1.54) is 33.9 Å². The highest BCUT2D eigenvalue weighted by Gasteiger charge is 2.20. The number of rotatable bonds is 11. The van der Waals surface area contributed by atoms with Crippen LogP contribution in [-0.4, -0.2) is 53.7 Å². The predicted octanol–water partition coefficient (Wildman–Crippen LogP) is 5.79. The van der Waals surface area contributed by atoms with Crippen LogP contribution >= 0.6 is 35.5 Å². The van der Waals surface area contributed by atoms with Crippen molar-refractivity contribution in [3.05, 3.63) is 58.1 Å². The van der Waals surface area contributed by atoms with Crippen LogP contribution in [0.3, 0.4) is 0 Å². The first-order chi connectivity index (χ1) is 15.3. The summed E-state index contributed by atoms with van der Waals surface area (Å²) in [4.78, 5) is 33.4. The molecule has 1 heterocycles. The number of amides is 1. The van der Waals surface area contributed by atoms with Gasteiger partial charge in [0.25, 0.3) is 5.69 Å². The zero-order valence-corrected chi connectivity index (χ0v) is 21.5. The topological polar surface area (TPSA) is 79.6 Å². The van der Waals surface area contributed by atoms with Gasteiger partial charge in [-0.15, -0.1) is 24.2 Å². The Kier molecular flexibility index (Phi) is 10.6. The lowest BCUT2D eigenvalue weighted by atomic mass is 10.2.